The molecule has 0 aliphatic carbocycles. The molecular weight excluding hydrogens is 336 g/mol. The Bertz CT molecular complexity index is 782. The third kappa shape index (κ3) is 3.79. The van der Waals surface area contributed by atoms with Crippen LogP contribution in [0.2, 0.25) is 0 Å². The predicted octanol–water partition coefficient (Wildman–Crippen LogP) is 3.59. The average molecular weight is 367 g/mol. The number of aryl methyl sites for hydroxylation is 1. The highest BCUT2D eigenvalue weighted by atomic mass is 16.2. The number of piperidine rings is 1. The smallest absolute Gasteiger partial charge is 0.271 e. The Kier molecular flexibility index (Phi) is 5.30. The second kappa shape index (κ2) is 7.85. The van der Waals surface area contributed by atoms with Crippen LogP contribution in [0.4, 0.5) is 0 Å². The molecule has 1 aromatic heterocycles. The van der Waals surface area contributed by atoms with Crippen molar-refractivity contribution in [3.63, 3.8) is 0 Å². The molecule has 144 valence electrons. The Morgan fingerprint density at radius 1 is 1.15 bits per heavy atom. The second-order valence-electron chi connectivity index (χ2n) is 8.02. The fraction of sp³-hybridized carbons (Fsp3) is 0.545. The summed E-state index contributed by atoms with van der Waals surface area (Å²) in [6.45, 7) is 8.38. The third-order valence-corrected chi connectivity index (χ3v) is 6.09. The van der Waals surface area contributed by atoms with Crippen LogP contribution in [0.25, 0.3) is 11.3 Å². The average Bonchev–Trinajstić information content (AvgIpc) is 3.02. The number of rotatable bonds is 5. The van der Waals surface area contributed by atoms with Crippen molar-refractivity contribution in [2.75, 3.05) is 26.2 Å². The number of aromatic nitrogens is 2. The molecule has 2 aromatic rings. The highest BCUT2D eigenvalue weighted by Crippen LogP contribution is 2.29. The molecule has 5 nitrogen and oxygen atoms in total. The number of carbonyl (C=O) groups excluding carboxylic acids is 1. The fourth-order valence-corrected chi connectivity index (χ4v) is 4.57. The first kappa shape index (κ1) is 18.2. The summed E-state index contributed by atoms with van der Waals surface area (Å²) in [7, 11) is 0. The lowest BCUT2D eigenvalue weighted by Gasteiger charge is -2.35. The maximum atomic E-state index is 13.1. The van der Waals surface area contributed by atoms with Crippen molar-refractivity contribution < 1.29 is 4.79 Å². The molecule has 1 amide bonds. The first-order valence-corrected chi connectivity index (χ1v) is 10.4. The van der Waals surface area contributed by atoms with Crippen LogP contribution in [0.15, 0.2) is 30.3 Å². The van der Waals surface area contributed by atoms with Crippen molar-refractivity contribution in [3.05, 3.63) is 41.6 Å². The number of fused-ring (bicyclic) bond motifs is 4. The van der Waals surface area contributed by atoms with E-state index in [0.29, 0.717) is 17.7 Å². The van der Waals surface area contributed by atoms with Gasteiger partial charge in [-0.25, -0.2) is 0 Å². The summed E-state index contributed by atoms with van der Waals surface area (Å²) in [5.74, 6) is 0.692. The number of hydrogen-bond donors (Lipinski definition) is 1. The van der Waals surface area contributed by atoms with Crippen molar-refractivity contribution in [2.24, 2.45) is 5.92 Å². The molecule has 3 saturated heterocycles. The molecule has 4 heterocycles. The topological polar surface area (TPSA) is 52.2 Å². The lowest BCUT2D eigenvalue weighted by Crippen LogP contribution is -2.44. The fourth-order valence-electron chi connectivity index (χ4n) is 4.57. The van der Waals surface area contributed by atoms with Crippen LogP contribution in [0.1, 0.15) is 49.2 Å². The first-order valence-electron chi connectivity index (χ1n) is 10.4. The van der Waals surface area contributed by atoms with E-state index in [1.54, 1.807) is 0 Å². The van der Waals surface area contributed by atoms with Crippen molar-refractivity contribution in [1.82, 2.24) is 20.0 Å². The molecule has 2 bridgehead atoms. The minimum Gasteiger partial charge on any atom is -0.335 e. The third-order valence-electron chi connectivity index (χ3n) is 6.09. The van der Waals surface area contributed by atoms with Gasteiger partial charge >= 0.3 is 0 Å². The van der Waals surface area contributed by atoms with E-state index in [9.17, 15) is 4.79 Å². The zero-order chi connectivity index (χ0) is 18.8. The number of aromatic amines is 1. The Labute approximate surface area is 161 Å². The predicted molar refractivity (Wildman–Crippen MR) is 108 cm³/mol. The van der Waals surface area contributed by atoms with Gasteiger partial charge in [0.05, 0.1) is 5.69 Å². The number of hydrogen-bond acceptors (Lipinski definition) is 3. The van der Waals surface area contributed by atoms with E-state index in [4.69, 9.17) is 0 Å². The summed E-state index contributed by atoms with van der Waals surface area (Å²) in [5, 5.41) is 7.38. The van der Waals surface area contributed by atoms with E-state index in [1.807, 2.05) is 6.07 Å². The standard InChI is InChI=1S/C22H30N4O/c1-3-11-25-13-17-7-10-19(25)15-26(14-17)22(27)21-12-20(23-24-21)18-8-5-16(4-2)6-9-18/h5-6,8-9,12,17,19H,3-4,7,10-11,13-15H2,1-2H3,(H,23,24)/t17-,19-/m0/s1. The van der Waals surface area contributed by atoms with Crippen molar-refractivity contribution in [1.29, 1.82) is 0 Å². The molecule has 27 heavy (non-hydrogen) atoms. The normalized spacial score (nSPS) is 22.8. The van der Waals surface area contributed by atoms with Gasteiger partial charge in [0.15, 0.2) is 0 Å². The van der Waals surface area contributed by atoms with Gasteiger partial charge in [-0.05, 0) is 49.8 Å². The molecule has 3 aliphatic heterocycles. The molecule has 1 N–H and O–H groups in total. The summed E-state index contributed by atoms with van der Waals surface area (Å²) >= 11 is 0. The van der Waals surface area contributed by atoms with Gasteiger partial charge in [-0.15, -0.1) is 0 Å². The molecule has 0 radical (unpaired) electrons. The Hall–Kier alpha value is -2.14. The number of carbonyl (C=O) groups is 1. The van der Waals surface area contributed by atoms with Gasteiger partial charge in [0.1, 0.15) is 5.69 Å². The van der Waals surface area contributed by atoms with Crippen LogP contribution in [0.3, 0.4) is 0 Å². The number of nitrogens with one attached hydrogen (secondary N) is 1. The molecule has 1 aromatic carbocycles. The maximum Gasteiger partial charge on any atom is 0.271 e. The number of benzene rings is 1. The van der Waals surface area contributed by atoms with Crippen LogP contribution in [-0.4, -0.2) is 58.1 Å². The summed E-state index contributed by atoms with van der Waals surface area (Å²) in [4.78, 5) is 17.8. The molecule has 0 spiro atoms. The molecule has 5 heteroatoms. The summed E-state index contributed by atoms with van der Waals surface area (Å²) in [6, 6.07) is 10.8. The Morgan fingerprint density at radius 3 is 2.70 bits per heavy atom. The van der Waals surface area contributed by atoms with E-state index in [1.165, 1.54) is 24.8 Å². The van der Waals surface area contributed by atoms with Crippen LogP contribution in [0, 0.1) is 5.92 Å². The summed E-state index contributed by atoms with van der Waals surface area (Å²) in [6.07, 6.45) is 4.66. The maximum absolute atomic E-state index is 13.1. The quantitative estimate of drug-likeness (QED) is 0.880. The van der Waals surface area contributed by atoms with Gasteiger partial charge < -0.3 is 4.90 Å². The van der Waals surface area contributed by atoms with Gasteiger partial charge in [0.25, 0.3) is 5.91 Å². The highest BCUT2D eigenvalue weighted by Gasteiger charge is 2.36. The largest absolute Gasteiger partial charge is 0.335 e. The monoisotopic (exact) mass is 366 g/mol. The van der Waals surface area contributed by atoms with Gasteiger partial charge in [-0.3, -0.25) is 14.8 Å². The van der Waals surface area contributed by atoms with E-state index < -0.39 is 0 Å². The van der Waals surface area contributed by atoms with Crippen molar-refractivity contribution >= 4 is 5.91 Å². The zero-order valence-electron chi connectivity index (χ0n) is 16.4. The number of H-pyrrole nitrogens is 1. The molecule has 2 atom stereocenters. The summed E-state index contributed by atoms with van der Waals surface area (Å²) < 4.78 is 0. The van der Waals surface area contributed by atoms with E-state index >= 15 is 0 Å². The van der Waals surface area contributed by atoms with Crippen molar-refractivity contribution in [2.45, 2.75) is 45.6 Å². The van der Waals surface area contributed by atoms with Gasteiger partial charge in [0, 0.05) is 31.2 Å². The van der Waals surface area contributed by atoms with E-state index in [0.717, 1.165) is 43.9 Å². The number of amides is 1. The lowest BCUT2D eigenvalue weighted by atomic mass is 9.95. The van der Waals surface area contributed by atoms with Crippen molar-refractivity contribution in [3.8, 4) is 11.3 Å². The van der Waals surface area contributed by atoms with E-state index in [-0.39, 0.29) is 5.91 Å². The van der Waals surface area contributed by atoms with E-state index in [2.05, 4.69) is 58.1 Å². The minimum absolute atomic E-state index is 0.0918. The molecule has 0 saturated carbocycles. The SMILES string of the molecule is CCCN1C[C@@H]2CC[C@H]1CN(C(=O)c1cc(-c3ccc(CC)cc3)n[nH]1)C2. The summed E-state index contributed by atoms with van der Waals surface area (Å²) in [5.41, 5.74) is 3.80. The van der Waals surface area contributed by atoms with Crippen LogP contribution in [-0.2, 0) is 6.42 Å². The van der Waals surface area contributed by atoms with Crippen LogP contribution < -0.4 is 0 Å². The number of nitrogens with zero attached hydrogens (tertiary/aromatic N) is 3. The van der Waals surface area contributed by atoms with Gasteiger partial charge in [-0.1, -0.05) is 38.1 Å². The molecule has 3 fully saturated rings. The molecule has 0 unspecified atom stereocenters. The van der Waals surface area contributed by atoms with Crippen LogP contribution in [0.5, 0.6) is 0 Å². The van der Waals surface area contributed by atoms with Gasteiger partial charge in [-0.2, -0.15) is 5.10 Å². The Morgan fingerprint density at radius 2 is 1.96 bits per heavy atom. The van der Waals surface area contributed by atoms with Crippen LogP contribution >= 0.6 is 0 Å². The highest BCUT2D eigenvalue weighted by molar-refractivity contribution is 5.93. The molecule has 5 rings (SSSR count). The zero-order valence-corrected chi connectivity index (χ0v) is 16.4. The molecular formula is C22H30N4O. The second-order valence-corrected chi connectivity index (χ2v) is 8.02. The molecule has 3 aliphatic rings. The minimum atomic E-state index is 0.0918. The lowest BCUT2D eigenvalue weighted by molar-refractivity contribution is 0.0732. The first-order chi connectivity index (χ1) is 13.2. The Balaban J connectivity index is 1.49. The van der Waals surface area contributed by atoms with Gasteiger partial charge in [0.2, 0.25) is 0 Å².